The molecule has 0 unspecified atom stereocenters. The molecule has 2 fully saturated rings. The number of carbonyl (C=O) groups is 3. The van der Waals surface area contributed by atoms with Crippen molar-refractivity contribution in [2.24, 2.45) is 5.92 Å². The summed E-state index contributed by atoms with van der Waals surface area (Å²) in [6.07, 6.45) is -0.00771. The van der Waals surface area contributed by atoms with Crippen LogP contribution in [0.5, 0.6) is 5.75 Å². The number of nitrogens with one attached hydrogen (secondary N) is 1. The number of amides is 2. The number of likely N-dealkylation sites (N-methyl/N-ethyl adjacent to an activating group) is 1. The van der Waals surface area contributed by atoms with E-state index in [1.165, 1.54) is 29.2 Å². The zero-order valence-electron chi connectivity index (χ0n) is 21.2. The monoisotopic (exact) mass is 540 g/mol. The van der Waals surface area contributed by atoms with Crippen molar-refractivity contribution < 1.29 is 23.5 Å². The van der Waals surface area contributed by atoms with Crippen molar-refractivity contribution in [1.29, 1.82) is 5.26 Å². The van der Waals surface area contributed by atoms with Crippen LogP contribution in [-0.4, -0.2) is 65.8 Å². The van der Waals surface area contributed by atoms with Crippen LogP contribution >= 0.6 is 11.6 Å². The minimum atomic E-state index is -1.25. The molecule has 0 aromatic heterocycles. The lowest BCUT2D eigenvalue weighted by molar-refractivity contribution is -0.139. The van der Waals surface area contributed by atoms with Crippen molar-refractivity contribution in [1.82, 2.24) is 15.1 Å². The van der Waals surface area contributed by atoms with Crippen LogP contribution in [0.3, 0.4) is 0 Å². The van der Waals surface area contributed by atoms with Crippen LogP contribution in [0, 0.1) is 23.1 Å². The molecule has 2 aromatic carbocycles. The summed E-state index contributed by atoms with van der Waals surface area (Å²) in [6, 6.07) is 14.3. The lowest BCUT2D eigenvalue weighted by Gasteiger charge is -2.45. The van der Waals surface area contributed by atoms with Gasteiger partial charge in [-0.15, -0.1) is 0 Å². The predicted molar refractivity (Wildman–Crippen MR) is 139 cm³/mol. The fraction of sp³-hybridized carbons (Fsp3) is 0.429. The molecule has 1 N–H and O–H groups in total. The first-order valence-electron chi connectivity index (χ1n) is 12.7. The normalized spacial score (nSPS) is 21.5. The topological polar surface area (TPSA) is 103 Å². The van der Waals surface area contributed by atoms with Gasteiger partial charge in [0, 0.05) is 49.6 Å². The van der Waals surface area contributed by atoms with E-state index in [0.29, 0.717) is 37.5 Å². The third-order valence-electron chi connectivity index (χ3n) is 7.50. The zero-order chi connectivity index (χ0) is 27.3. The molecule has 8 nitrogen and oxygen atoms in total. The van der Waals surface area contributed by atoms with Crippen molar-refractivity contribution in [3.8, 4) is 11.8 Å². The number of Topliss-reactive ketones (excluding diaryl/α,β-unsaturated/α-hetero) is 1. The number of likely N-dealkylation sites (tertiary alicyclic amines) is 1. The van der Waals surface area contributed by atoms with Gasteiger partial charge in [0.15, 0.2) is 5.78 Å². The number of ether oxygens (including phenoxy) is 1. The molecule has 0 radical (unpaired) electrons. The lowest BCUT2D eigenvalue weighted by Crippen LogP contribution is -2.64. The Balaban J connectivity index is 1.67. The molecule has 0 aliphatic carbocycles. The number of hydrogen-bond acceptors (Lipinski definition) is 6. The van der Waals surface area contributed by atoms with E-state index in [0.717, 1.165) is 5.56 Å². The fourth-order valence-electron chi connectivity index (χ4n) is 5.62. The second kappa shape index (κ2) is 11.9. The molecular weight excluding hydrogens is 511 g/mol. The van der Waals surface area contributed by atoms with Crippen LogP contribution in [0.1, 0.15) is 37.7 Å². The summed E-state index contributed by atoms with van der Waals surface area (Å²) in [5.41, 5.74) is -0.383. The summed E-state index contributed by atoms with van der Waals surface area (Å²) in [4.78, 5) is 43.3. The molecule has 200 valence electrons. The molecule has 2 heterocycles. The van der Waals surface area contributed by atoms with E-state index in [1.54, 1.807) is 24.0 Å². The average Bonchev–Trinajstić information content (AvgIpc) is 3.36. The zero-order valence-corrected chi connectivity index (χ0v) is 21.9. The summed E-state index contributed by atoms with van der Waals surface area (Å²) in [5.74, 6) is -1.36. The Kier molecular flexibility index (Phi) is 8.65. The van der Waals surface area contributed by atoms with E-state index in [9.17, 15) is 18.8 Å². The second-order valence-corrected chi connectivity index (χ2v) is 10.0. The van der Waals surface area contributed by atoms with E-state index in [4.69, 9.17) is 21.6 Å². The molecule has 10 heteroatoms. The third kappa shape index (κ3) is 5.52. The SMILES string of the molecule is CCN(C(=O)Oc1ccc(F)cc1)[C@]1(C(=O)C2CCN(C(=O)CC#N)CC2)CNC[C@H]1c1ccc(Cl)cc1. The molecule has 2 aliphatic heterocycles. The van der Waals surface area contributed by atoms with Gasteiger partial charge in [-0.1, -0.05) is 23.7 Å². The Labute approximate surface area is 226 Å². The number of carbonyl (C=O) groups excluding carboxylic acids is 3. The van der Waals surface area contributed by atoms with Gasteiger partial charge in [-0.05, 0) is 61.7 Å². The molecule has 0 saturated carbocycles. The van der Waals surface area contributed by atoms with E-state index in [-0.39, 0.29) is 48.8 Å². The summed E-state index contributed by atoms with van der Waals surface area (Å²) >= 11 is 6.13. The maximum absolute atomic E-state index is 14.5. The van der Waals surface area contributed by atoms with E-state index in [2.05, 4.69) is 5.32 Å². The summed E-state index contributed by atoms with van der Waals surface area (Å²) in [7, 11) is 0. The molecule has 2 aromatic rings. The van der Waals surface area contributed by atoms with Crippen LogP contribution < -0.4 is 10.1 Å². The number of rotatable bonds is 7. The minimum absolute atomic E-state index is 0.0901. The van der Waals surface area contributed by atoms with Crippen molar-refractivity contribution in [3.05, 3.63) is 64.9 Å². The van der Waals surface area contributed by atoms with Crippen molar-refractivity contribution in [2.45, 2.75) is 37.6 Å². The lowest BCUT2D eigenvalue weighted by atomic mass is 9.71. The maximum Gasteiger partial charge on any atom is 0.416 e. The summed E-state index contributed by atoms with van der Waals surface area (Å²) in [5, 5.41) is 12.8. The molecule has 38 heavy (non-hydrogen) atoms. The molecule has 2 amide bonds. The van der Waals surface area contributed by atoms with Crippen LogP contribution in [0.15, 0.2) is 48.5 Å². The first-order chi connectivity index (χ1) is 18.3. The number of nitrogens with zero attached hydrogens (tertiary/aromatic N) is 3. The Morgan fingerprint density at radius 1 is 1.16 bits per heavy atom. The highest BCUT2D eigenvalue weighted by atomic mass is 35.5. The van der Waals surface area contributed by atoms with Crippen molar-refractivity contribution in [3.63, 3.8) is 0 Å². The third-order valence-corrected chi connectivity index (χ3v) is 7.76. The Morgan fingerprint density at radius 2 is 1.82 bits per heavy atom. The highest BCUT2D eigenvalue weighted by Gasteiger charge is 2.57. The van der Waals surface area contributed by atoms with Crippen molar-refractivity contribution >= 4 is 29.4 Å². The quantitative estimate of drug-likeness (QED) is 0.566. The van der Waals surface area contributed by atoms with Crippen LogP contribution in [0.25, 0.3) is 0 Å². The van der Waals surface area contributed by atoms with Gasteiger partial charge in [0.2, 0.25) is 5.91 Å². The number of nitriles is 1. The molecule has 2 aliphatic rings. The van der Waals surface area contributed by atoms with Gasteiger partial charge in [0.05, 0.1) is 6.07 Å². The van der Waals surface area contributed by atoms with Gasteiger partial charge in [0.1, 0.15) is 23.5 Å². The average molecular weight is 541 g/mol. The number of halogens is 2. The second-order valence-electron chi connectivity index (χ2n) is 9.58. The highest BCUT2D eigenvalue weighted by Crippen LogP contribution is 2.42. The fourth-order valence-corrected chi connectivity index (χ4v) is 5.75. The Bertz CT molecular complexity index is 1210. The highest BCUT2D eigenvalue weighted by molar-refractivity contribution is 6.30. The number of benzene rings is 2. The van der Waals surface area contributed by atoms with Crippen molar-refractivity contribution in [2.75, 3.05) is 32.7 Å². The van der Waals surface area contributed by atoms with Gasteiger partial charge < -0.3 is 15.0 Å². The van der Waals surface area contributed by atoms with Gasteiger partial charge >= 0.3 is 6.09 Å². The Hall–Kier alpha value is -3.48. The molecule has 4 rings (SSSR count). The molecule has 0 bridgehead atoms. The number of ketones is 1. The van der Waals surface area contributed by atoms with Crippen LogP contribution in [0.2, 0.25) is 5.02 Å². The van der Waals surface area contributed by atoms with Gasteiger partial charge in [-0.25, -0.2) is 9.18 Å². The van der Waals surface area contributed by atoms with Gasteiger partial charge in [-0.3, -0.25) is 14.5 Å². The van der Waals surface area contributed by atoms with Gasteiger partial charge in [-0.2, -0.15) is 5.26 Å². The predicted octanol–water partition coefficient (Wildman–Crippen LogP) is 4.15. The van der Waals surface area contributed by atoms with E-state index >= 15 is 0 Å². The van der Waals surface area contributed by atoms with Gasteiger partial charge in [0.25, 0.3) is 0 Å². The summed E-state index contributed by atoms with van der Waals surface area (Å²) < 4.78 is 19.0. The van der Waals surface area contributed by atoms with E-state index < -0.39 is 17.4 Å². The minimum Gasteiger partial charge on any atom is -0.410 e. The van der Waals surface area contributed by atoms with Crippen LogP contribution in [-0.2, 0) is 9.59 Å². The largest absolute Gasteiger partial charge is 0.416 e. The molecule has 0 spiro atoms. The molecular formula is C28H30ClFN4O4. The first-order valence-corrected chi connectivity index (χ1v) is 13.1. The summed E-state index contributed by atoms with van der Waals surface area (Å²) in [6.45, 7) is 3.45. The van der Waals surface area contributed by atoms with E-state index in [1.807, 2.05) is 18.2 Å². The first kappa shape index (κ1) is 27.6. The number of piperidine rings is 1. The molecule has 2 atom stereocenters. The Morgan fingerprint density at radius 3 is 2.42 bits per heavy atom. The standard InChI is InChI=1S/C28H30ClFN4O4/c1-2-34(27(37)38-23-9-7-22(30)8-10-23)28(18-32-17-24(28)19-3-5-21(29)6-4-19)26(36)20-12-15-33(16-13-20)25(35)11-14-31/h3-10,20,24,32H,2,11-13,15-18H2,1H3/t24-,28+/m0/s1. The maximum atomic E-state index is 14.5. The molecule has 2 saturated heterocycles. The van der Waals surface area contributed by atoms with Crippen LogP contribution in [0.4, 0.5) is 9.18 Å². The number of hydrogen-bond donors (Lipinski definition) is 1. The smallest absolute Gasteiger partial charge is 0.410 e.